The first kappa shape index (κ1) is 19.0. The van der Waals surface area contributed by atoms with Crippen molar-refractivity contribution in [3.05, 3.63) is 70.0 Å². The topological polar surface area (TPSA) is 98.5 Å². The molecule has 7 nitrogen and oxygen atoms in total. The Morgan fingerprint density at radius 2 is 1.92 bits per heavy atom. The first-order valence-corrected chi connectivity index (χ1v) is 7.85. The van der Waals surface area contributed by atoms with Gasteiger partial charge in [-0.25, -0.2) is 0 Å². The first-order valence-electron chi connectivity index (χ1n) is 7.85. The zero-order valence-corrected chi connectivity index (χ0v) is 14.0. The fourth-order valence-electron chi connectivity index (χ4n) is 2.17. The van der Waals surface area contributed by atoms with E-state index in [2.05, 4.69) is 5.32 Å². The number of hydrogen-bond donors (Lipinski definition) is 1. The van der Waals surface area contributed by atoms with Crippen molar-refractivity contribution in [1.29, 1.82) is 0 Å². The van der Waals surface area contributed by atoms with E-state index >= 15 is 0 Å². The number of halogens is 1. The Bertz CT molecular complexity index is 810. The maximum Gasteiger partial charge on any atom is 0.306 e. The van der Waals surface area contributed by atoms with Crippen LogP contribution in [0.5, 0.6) is 0 Å². The number of esters is 1. The SMILES string of the molecule is CC(OC(=O)CCc1ccccc1)C(=O)Nc1ccc(F)c([N+](=O)[O-])c1. The summed E-state index contributed by atoms with van der Waals surface area (Å²) in [5.74, 6) is -2.21. The standard InChI is InChI=1S/C18H17FN2O5/c1-12(26-17(22)10-7-13-5-3-2-4-6-13)18(23)20-14-8-9-15(19)16(11-14)21(24)25/h2-6,8-9,11-12H,7,10H2,1H3,(H,20,23). The molecule has 8 heteroatoms. The van der Waals surface area contributed by atoms with E-state index in [1.165, 1.54) is 13.0 Å². The van der Waals surface area contributed by atoms with Crippen LogP contribution in [0.4, 0.5) is 15.8 Å². The third kappa shape index (κ3) is 5.37. The van der Waals surface area contributed by atoms with Crippen LogP contribution in [0.15, 0.2) is 48.5 Å². The molecule has 26 heavy (non-hydrogen) atoms. The highest BCUT2D eigenvalue weighted by molar-refractivity contribution is 5.95. The van der Waals surface area contributed by atoms with Gasteiger partial charge in [0.15, 0.2) is 6.10 Å². The molecule has 0 heterocycles. The van der Waals surface area contributed by atoms with Crippen molar-refractivity contribution in [1.82, 2.24) is 0 Å². The molecule has 0 saturated heterocycles. The number of aryl methyl sites for hydroxylation is 1. The van der Waals surface area contributed by atoms with Crippen LogP contribution in [0.2, 0.25) is 0 Å². The molecule has 1 unspecified atom stereocenters. The van der Waals surface area contributed by atoms with Crippen LogP contribution in [-0.4, -0.2) is 22.9 Å². The molecule has 0 radical (unpaired) electrons. The van der Waals surface area contributed by atoms with Crippen LogP contribution in [0.3, 0.4) is 0 Å². The highest BCUT2D eigenvalue weighted by Crippen LogP contribution is 2.21. The third-order valence-corrected chi connectivity index (χ3v) is 3.55. The molecule has 2 aromatic carbocycles. The lowest BCUT2D eigenvalue weighted by Crippen LogP contribution is -2.30. The van der Waals surface area contributed by atoms with E-state index in [1.54, 1.807) is 0 Å². The van der Waals surface area contributed by atoms with E-state index in [0.29, 0.717) is 6.42 Å². The van der Waals surface area contributed by atoms with Crippen LogP contribution in [0, 0.1) is 15.9 Å². The van der Waals surface area contributed by atoms with Crippen LogP contribution < -0.4 is 5.32 Å². The van der Waals surface area contributed by atoms with Crippen LogP contribution in [0.1, 0.15) is 18.9 Å². The number of nitrogens with one attached hydrogen (secondary N) is 1. The summed E-state index contributed by atoms with van der Waals surface area (Å²) in [7, 11) is 0. The average molecular weight is 360 g/mol. The minimum Gasteiger partial charge on any atom is -0.453 e. The molecule has 1 amide bonds. The number of nitrogens with zero attached hydrogens (tertiary/aromatic N) is 1. The second kappa shape index (κ2) is 8.70. The van der Waals surface area contributed by atoms with Crippen LogP contribution >= 0.6 is 0 Å². The van der Waals surface area contributed by atoms with E-state index in [-0.39, 0.29) is 12.1 Å². The second-order valence-electron chi connectivity index (χ2n) is 5.53. The smallest absolute Gasteiger partial charge is 0.306 e. The Morgan fingerprint density at radius 3 is 2.58 bits per heavy atom. The van der Waals surface area contributed by atoms with Gasteiger partial charge < -0.3 is 10.1 Å². The molecule has 1 atom stereocenters. The monoisotopic (exact) mass is 360 g/mol. The minimum atomic E-state index is -1.10. The summed E-state index contributed by atoms with van der Waals surface area (Å²) in [5, 5.41) is 13.1. The van der Waals surface area contributed by atoms with E-state index in [1.807, 2.05) is 30.3 Å². The van der Waals surface area contributed by atoms with Crippen molar-refractivity contribution in [2.75, 3.05) is 5.32 Å². The Labute approximate surface area is 148 Å². The Balaban J connectivity index is 1.88. The molecule has 0 aliphatic carbocycles. The second-order valence-corrected chi connectivity index (χ2v) is 5.53. The quantitative estimate of drug-likeness (QED) is 0.464. The maximum atomic E-state index is 13.3. The Morgan fingerprint density at radius 1 is 1.23 bits per heavy atom. The molecule has 0 aliphatic heterocycles. The first-order chi connectivity index (χ1) is 12.4. The summed E-state index contributed by atoms with van der Waals surface area (Å²) in [6.45, 7) is 1.38. The molecule has 136 valence electrons. The summed E-state index contributed by atoms with van der Waals surface area (Å²) in [5.41, 5.74) is 0.255. The predicted octanol–water partition coefficient (Wildman–Crippen LogP) is 3.24. The lowest BCUT2D eigenvalue weighted by Gasteiger charge is -2.13. The van der Waals surface area contributed by atoms with Gasteiger partial charge in [-0.05, 0) is 31.0 Å². The van der Waals surface area contributed by atoms with Gasteiger partial charge in [0, 0.05) is 18.2 Å². The molecule has 0 bridgehead atoms. The van der Waals surface area contributed by atoms with Crippen LogP contribution in [0.25, 0.3) is 0 Å². The van der Waals surface area contributed by atoms with Gasteiger partial charge in [-0.1, -0.05) is 30.3 Å². The van der Waals surface area contributed by atoms with Gasteiger partial charge in [-0.15, -0.1) is 0 Å². The molecule has 0 spiro atoms. The molecule has 0 fully saturated rings. The van der Waals surface area contributed by atoms with Crippen molar-refractivity contribution >= 4 is 23.3 Å². The van der Waals surface area contributed by atoms with E-state index in [9.17, 15) is 24.1 Å². The van der Waals surface area contributed by atoms with Gasteiger partial charge in [0.2, 0.25) is 5.82 Å². The number of hydrogen-bond acceptors (Lipinski definition) is 5. The number of anilines is 1. The van der Waals surface area contributed by atoms with Gasteiger partial charge in [-0.3, -0.25) is 19.7 Å². The molecule has 0 aromatic heterocycles. The number of benzene rings is 2. The lowest BCUT2D eigenvalue weighted by atomic mass is 10.1. The zero-order valence-electron chi connectivity index (χ0n) is 14.0. The Hall–Kier alpha value is -3.29. The van der Waals surface area contributed by atoms with Gasteiger partial charge in [0.25, 0.3) is 5.91 Å². The van der Waals surface area contributed by atoms with Crippen LogP contribution in [-0.2, 0) is 20.7 Å². The van der Waals surface area contributed by atoms with E-state index in [0.717, 1.165) is 17.7 Å². The molecular weight excluding hydrogens is 343 g/mol. The molecule has 2 rings (SSSR count). The van der Waals surface area contributed by atoms with E-state index < -0.39 is 34.4 Å². The number of carbonyl (C=O) groups excluding carboxylic acids is 2. The van der Waals surface area contributed by atoms with Gasteiger partial charge >= 0.3 is 11.7 Å². The average Bonchev–Trinajstić information content (AvgIpc) is 2.62. The number of amides is 1. The van der Waals surface area contributed by atoms with Crippen molar-refractivity contribution in [2.45, 2.75) is 25.9 Å². The fourth-order valence-corrected chi connectivity index (χ4v) is 2.17. The number of carbonyl (C=O) groups is 2. The highest BCUT2D eigenvalue weighted by atomic mass is 19.1. The van der Waals surface area contributed by atoms with E-state index in [4.69, 9.17) is 4.74 Å². The van der Waals surface area contributed by atoms with Crippen molar-refractivity contribution in [3.8, 4) is 0 Å². The van der Waals surface area contributed by atoms with Crippen molar-refractivity contribution in [3.63, 3.8) is 0 Å². The number of ether oxygens (including phenoxy) is 1. The molecule has 0 saturated carbocycles. The third-order valence-electron chi connectivity index (χ3n) is 3.55. The number of nitro benzene ring substituents is 1. The lowest BCUT2D eigenvalue weighted by molar-refractivity contribution is -0.387. The summed E-state index contributed by atoms with van der Waals surface area (Å²) < 4.78 is 18.3. The van der Waals surface area contributed by atoms with Crippen molar-refractivity contribution in [2.24, 2.45) is 0 Å². The minimum absolute atomic E-state index is 0.0373. The predicted molar refractivity (Wildman–Crippen MR) is 92.0 cm³/mol. The molecule has 0 aliphatic rings. The molecule has 2 aromatic rings. The number of rotatable bonds is 7. The highest BCUT2D eigenvalue weighted by Gasteiger charge is 2.20. The van der Waals surface area contributed by atoms with Gasteiger partial charge in [0.05, 0.1) is 4.92 Å². The summed E-state index contributed by atoms with van der Waals surface area (Å²) >= 11 is 0. The summed E-state index contributed by atoms with van der Waals surface area (Å²) in [6.07, 6.45) is -0.496. The molecular formula is C18H17FN2O5. The molecule has 1 N–H and O–H groups in total. The van der Waals surface area contributed by atoms with Gasteiger partial charge in [-0.2, -0.15) is 4.39 Å². The number of nitro groups is 1. The normalized spacial score (nSPS) is 11.5. The summed E-state index contributed by atoms with van der Waals surface area (Å²) in [4.78, 5) is 33.7. The summed E-state index contributed by atoms with van der Waals surface area (Å²) in [6, 6.07) is 12.3. The largest absolute Gasteiger partial charge is 0.453 e. The Kier molecular flexibility index (Phi) is 6.37. The maximum absolute atomic E-state index is 13.3. The zero-order chi connectivity index (χ0) is 19.1. The van der Waals surface area contributed by atoms with Gasteiger partial charge in [0.1, 0.15) is 0 Å². The fraction of sp³-hybridized carbons (Fsp3) is 0.222. The van der Waals surface area contributed by atoms with Crippen molar-refractivity contribution < 1.29 is 23.6 Å².